The van der Waals surface area contributed by atoms with E-state index in [-0.39, 0.29) is 17.5 Å². The summed E-state index contributed by atoms with van der Waals surface area (Å²) in [6.07, 6.45) is 2.92. The number of furan rings is 1. The molecule has 0 aliphatic rings. The summed E-state index contributed by atoms with van der Waals surface area (Å²) >= 11 is 0. The third-order valence-electron chi connectivity index (χ3n) is 4.65. The molecule has 0 bridgehead atoms. The van der Waals surface area contributed by atoms with Crippen LogP contribution in [0.2, 0.25) is 0 Å². The van der Waals surface area contributed by atoms with Crippen molar-refractivity contribution in [3.05, 3.63) is 89.3 Å². The summed E-state index contributed by atoms with van der Waals surface area (Å²) in [5.41, 5.74) is 3.66. The van der Waals surface area contributed by atoms with Crippen molar-refractivity contribution >= 4 is 28.2 Å². The van der Waals surface area contributed by atoms with Crippen molar-refractivity contribution in [2.24, 2.45) is 0 Å². The minimum Gasteiger partial charge on any atom is -0.459 e. The van der Waals surface area contributed by atoms with Crippen molar-refractivity contribution in [3.8, 4) is 6.07 Å². The average molecular weight is 400 g/mol. The Morgan fingerprint density at radius 3 is 2.87 bits per heavy atom. The van der Waals surface area contributed by atoms with Crippen molar-refractivity contribution in [2.45, 2.75) is 13.5 Å². The Hall–Kier alpha value is -4.18. The van der Waals surface area contributed by atoms with E-state index in [1.165, 1.54) is 24.6 Å². The zero-order valence-corrected chi connectivity index (χ0v) is 16.1. The van der Waals surface area contributed by atoms with Gasteiger partial charge in [-0.1, -0.05) is 12.1 Å². The molecule has 0 aliphatic carbocycles. The van der Waals surface area contributed by atoms with E-state index < -0.39 is 0 Å². The molecular formula is C23H17FN4O2. The number of nitrogens with zero attached hydrogens (tertiary/aromatic N) is 2. The van der Waals surface area contributed by atoms with E-state index in [1.807, 2.05) is 18.2 Å². The number of rotatable bonds is 5. The van der Waals surface area contributed by atoms with Gasteiger partial charge in [0.05, 0.1) is 23.0 Å². The number of pyridine rings is 1. The third kappa shape index (κ3) is 3.84. The first-order valence-electron chi connectivity index (χ1n) is 9.22. The predicted molar refractivity (Wildman–Crippen MR) is 112 cm³/mol. The van der Waals surface area contributed by atoms with Crippen molar-refractivity contribution < 1.29 is 13.6 Å². The molecule has 0 saturated heterocycles. The lowest BCUT2D eigenvalue weighted by atomic mass is 10.1. The van der Waals surface area contributed by atoms with Crippen molar-refractivity contribution in [1.82, 2.24) is 4.98 Å². The minimum absolute atomic E-state index is 0.220. The second-order valence-corrected chi connectivity index (χ2v) is 6.76. The fourth-order valence-electron chi connectivity index (χ4n) is 3.26. The van der Waals surface area contributed by atoms with E-state index in [1.54, 1.807) is 25.1 Å². The van der Waals surface area contributed by atoms with E-state index in [0.717, 1.165) is 5.56 Å². The van der Waals surface area contributed by atoms with Crippen molar-refractivity contribution in [2.75, 3.05) is 10.6 Å². The normalized spacial score (nSPS) is 10.6. The second-order valence-electron chi connectivity index (χ2n) is 6.76. The van der Waals surface area contributed by atoms with Gasteiger partial charge in [-0.3, -0.25) is 9.78 Å². The van der Waals surface area contributed by atoms with Crippen LogP contribution in [-0.4, -0.2) is 10.9 Å². The number of fused-ring (bicyclic) bond motifs is 1. The third-order valence-corrected chi connectivity index (χ3v) is 4.65. The van der Waals surface area contributed by atoms with Crippen LogP contribution < -0.4 is 10.6 Å². The highest BCUT2D eigenvalue weighted by Gasteiger charge is 2.13. The number of carbonyl (C=O) groups is 1. The van der Waals surface area contributed by atoms with E-state index in [4.69, 9.17) is 4.42 Å². The maximum absolute atomic E-state index is 14.0. The van der Waals surface area contributed by atoms with E-state index in [9.17, 15) is 14.4 Å². The molecule has 2 N–H and O–H groups in total. The SMILES string of the molecule is Cc1cc(F)cc2c(NCc3cccc(NC(=O)c4ccco4)c3)c(C#N)cnc12. The Labute approximate surface area is 172 Å². The number of nitriles is 1. The predicted octanol–water partition coefficient (Wildman–Crippen LogP) is 5.01. The Kier molecular flexibility index (Phi) is 5.14. The largest absolute Gasteiger partial charge is 0.459 e. The quantitative estimate of drug-likeness (QED) is 0.491. The van der Waals surface area contributed by atoms with Crippen LogP contribution >= 0.6 is 0 Å². The number of nitrogens with one attached hydrogen (secondary N) is 2. The highest BCUT2D eigenvalue weighted by molar-refractivity contribution is 6.02. The summed E-state index contributed by atoms with van der Waals surface area (Å²) < 4.78 is 19.1. The maximum Gasteiger partial charge on any atom is 0.291 e. The van der Waals surface area contributed by atoms with Crippen LogP contribution in [0.1, 0.15) is 27.2 Å². The fourth-order valence-corrected chi connectivity index (χ4v) is 3.26. The highest BCUT2D eigenvalue weighted by Crippen LogP contribution is 2.29. The smallest absolute Gasteiger partial charge is 0.291 e. The van der Waals surface area contributed by atoms with Crippen molar-refractivity contribution in [1.29, 1.82) is 5.26 Å². The Balaban J connectivity index is 1.59. The van der Waals surface area contributed by atoms with Gasteiger partial charge in [0.25, 0.3) is 5.91 Å². The summed E-state index contributed by atoms with van der Waals surface area (Å²) in [5.74, 6) is -0.511. The molecule has 2 aromatic heterocycles. The van der Waals surface area contributed by atoms with Gasteiger partial charge in [-0.05, 0) is 54.4 Å². The summed E-state index contributed by atoms with van der Waals surface area (Å²) in [6.45, 7) is 2.15. The zero-order valence-electron chi connectivity index (χ0n) is 16.1. The van der Waals surface area contributed by atoms with Crippen LogP contribution in [-0.2, 0) is 6.54 Å². The van der Waals surface area contributed by atoms with Crippen molar-refractivity contribution in [3.63, 3.8) is 0 Å². The molecule has 6 nitrogen and oxygen atoms in total. The Bertz CT molecular complexity index is 1280. The molecule has 0 unspecified atom stereocenters. The van der Waals surface area contributed by atoms with Gasteiger partial charge in [-0.15, -0.1) is 0 Å². The number of anilines is 2. The van der Waals surface area contributed by atoms with Crippen LogP contribution in [0.4, 0.5) is 15.8 Å². The average Bonchev–Trinajstić information content (AvgIpc) is 3.27. The van der Waals surface area contributed by atoms with E-state index in [0.29, 0.717) is 39.9 Å². The lowest BCUT2D eigenvalue weighted by molar-refractivity contribution is 0.0996. The number of halogens is 1. The number of hydrogen-bond donors (Lipinski definition) is 2. The van der Waals surface area contributed by atoms with Crippen LogP contribution in [0.5, 0.6) is 0 Å². The van der Waals surface area contributed by atoms with E-state index in [2.05, 4.69) is 21.7 Å². The van der Waals surface area contributed by atoms with Gasteiger partial charge in [0, 0.05) is 23.8 Å². The van der Waals surface area contributed by atoms with Crippen LogP contribution in [0.3, 0.4) is 0 Å². The van der Waals surface area contributed by atoms with Crippen LogP contribution in [0, 0.1) is 24.1 Å². The van der Waals surface area contributed by atoms with Crippen LogP contribution in [0.25, 0.3) is 10.9 Å². The number of amides is 1. The standard InChI is InChI=1S/C23H17FN4O2/c1-14-8-17(24)10-19-21(14)27-13-16(11-25)22(19)26-12-15-4-2-5-18(9-15)28-23(29)20-6-3-7-30-20/h2-10,13H,12H2,1H3,(H,26,27)(H,28,29). The molecule has 0 saturated carbocycles. The summed E-state index contributed by atoms with van der Waals surface area (Å²) in [4.78, 5) is 16.5. The Morgan fingerprint density at radius 1 is 1.23 bits per heavy atom. The molecule has 7 heteroatoms. The Morgan fingerprint density at radius 2 is 2.10 bits per heavy atom. The summed E-state index contributed by atoms with van der Waals surface area (Å²) in [6, 6.07) is 15.4. The zero-order chi connectivity index (χ0) is 21.1. The monoisotopic (exact) mass is 400 g/mol. The topological polar surface area (TPSA) is 91.0 Å². The van der Waals surface area contributed by atoms with Gasteiger partial charge < -0.3 is 15.1 Å². The molecule has 2 aromatic carbocycles. The first kappa shape index (κ1) is 19.2. The first-order valence-corrected chi connectivity index (χ1v) is 9.22. The molecule has 0 atom stereocenters. The molecule has 4 rings (SSSR count). The summed E-state index contributed by atoms with van der Waals surface area (Å²) in [5, 5.41) is 16.0. The number of aromatic nitrogens is 1. The molecule has 30 heavy (non-hydrogen) atoms. The number of benzene rings is 2. The number of aryl methyl sites for hydroxylation is 1. The molecule has 0 radical (unpaired) electrons. The first-order chi connectivity index (χ1) is 14.5. The number of hydrogen-bond acceptors (Lipinski definition) is 5. The van der Waals surface area contributed by atoms with Gasteiger partial charge in [0.15, 0.2) is 5.76 Å². The lowest BCUT2D eigenvalue weighted by Crippen LogP contribution is -2.11. The van der Waals surface area contributed by atoms with Gasteiger partial charge in [0.1, 0.15) is 11.9 Å². The summed E-state index contributed by atoms with van der Waals surface area (Å²) in [7, 11) is 0. The van der Waals surface area contributed by atoms with Gasteiger partial charge in [-0.2, -0.15) is 5.26 Å². The van der Waals surface area contributed by atoms with Crippen LogP contribution in [0.15, 0.2) is 65.4 Å². The second kappa shape index (κ2) is 8.05. The molecular weight excluding hydrogens is 383 g/mol. The highest BCUT2D eigenvalue weighted by atomic mass is 19.1. The molecule has 1 amide bonds. The van der Waals surface area contributed by atoms with Gasteiger partial charge in [0.2, 0.25) is 0 Å². The van der Waals surface area contributed by atoms with Gasteiger partial charge >= 0.3 is 0 Å². The van der Waals surface area contributed by atoms with E-state index >= 15 is 0 Å². The molecule has 2 heterocycles. The van der Waals surface area contributed by atoms with Gasteiger partial charge in [-0.25, -0.2) is 4.39 Å². The molecule has 4 aromatic rings. The molecule has 0 spiro atoms. The fraction of sp³-hybridized carbons (Fsp3) is 0.0870. The molecule has 0 aliphatic heterocycles. The molecule has 0 fully saturated rings. The minimum atomic E-state index is -0.387. The number of carbonyl (C=O) groups excluding carboxylic acids is 1. The molecule has 148 valence electrons. The maximum atomic E-state index is 14.0. The lowest BCUT2D eigenvalue weighted by Gasteiger charge is -2.13.